The van der Waals surface area contributed by atoms with Crippen LogP contribution in [0, 0.1) is 24.3 Å². The normalized spacial score (nSPS) is 14.1. The number of halogens is 1. The molecule has 0 aliphatic carbocycles. The largest absolute Gasteiger partial charge is 0.386 e. The van der Waals surface area contributed by atoms with Gasteiger partial charge in [0.15, 0.2) is 0 Å². The first-order chi connectivity index (χ1) is 6.95. The molecule has 0 aromatic heterocycles. The molecule has 2 rings (SSSR count). The molecule has 0 unspecified atom stereocenters. The summed E-state index contributed by atoms with van der Waals surface area (Å²) in [5.74, 6) is -1.04. The molecule has 1 aliphatic heterocycles. The van der Waals surface area contributed by atoms with Crippen LogP contribution < -0.4 is 0 Å². The average molecular weight is 316 g/mol. The van der Waals surface area contributed by atoms with E-state index in [2.05, 4.69) is 27.3 Å². The highest BCUT2D eigenvalue weighted by Crippen LogP contribution is 2.32. The van der Waals surface area contributed by atoms with Crippen LogP contribution in [0.2, 0.25) is 0 Å². The highest BCUT2D eigenvalue weighted by Gasteiger charge is 2.35. The lowest BCUT2D eigenvalue weighted by atomic mass is 9.95. The molecule has 0 fully saturated rings. The zero-order valence-electron chi connectivity index (χ0n) is 8.60. The van der Waals surface area contributed by atoms with E-state index in [9.17, 15) is 9.59 Å². The fourth-order valence-electron chi connectivity index (χ4n) is 1.75. The van der Waals surface area contributed by atoms with Crippen molar-refractivity contribution in [2.75, 3.05) is 0 Å². The van der Waals surface area contributed by atoms with Gasteiger partial charge in [-0.05, 0) is 60.1 Å². The van der Waals surface area contributed by atoms with Crippen LogP contribution in [-0.2, 0) is 4.74 Å². The zero-order valence-corrected chi connectivity index (χ0v) is 10.8. The van der Waals surface area contributed by atoms with E-state index in [1.807, 2.05) is 20.8 Å². The molecule has 0 saturated carbocycles. The van der Waals surface area contributed by atoms with Crippen molar-refractivity contribution in [3.05, 3.63) is 31.4 Å². The van der Waals surface area contributed by atoms with Gasteiger partial charge in [-0.2, -0.15) is 0 Å². The van der Waals surface area contributed by atoms with Crippen LogP contribution in [-0.4, -0.2) is 11.9 Å². The number of fused-ring (bicyclic) bond motifs is 1. The Morgan fingerprint density at radius 1 is 0.867 bits per heavy atom. The van der Waals surface area contributed by atoms with Crippen LogP contribution in [0.25, 0.3) is 0 Å². The molecule has 0 atom stereocenters. The zero-order chi connectivity index (χ0) is 11.3. The predicted molar refractivity (Wildman–Crippen MR) is 63.1 cm³/mol. The molecular weight excluding hydrogens is 307 g/mol. The summed E-state index contributed by atoms with van der Waals surface area (Å²) in [6, 6.07) is 0. The average Bonchev–Trinajstić information content (AvgIpc) is 2.47. The molecule has 3 nitrogen and oxygen atoms in total. The van der Waals surface area contributed by atoms with Gasteiger partial charge in [0.05, 0.1) is 11.1 Å². The quantitative estimate of drug-likeness (QED) is 0.420. The first kappa shape index (κ1) is 10.6. The Kier molecular flexibility index (Phi) is 2.33. The minimum Gasteiger partial charge on any atom is -0.386 e. The fourth-order valence-corrected chi connectivity index (χ4v) is 2.65. The van der Waals surface area contributed by atoms with Crippen molar-refractivity contribution in [3.63, 3.8) is 0 Å². The summed E-state index contributed by atoms with van der Waals surface area (Å²) in [4.78, 5) is 22.9. The van der Waals surface area contributed by atoms with E-state index in [1.54, 1.807) is 0 Å². The molecule has 0 saturated heterocycles. The van der Waals surface area contributed by atoms with Gasteiger partial charge in [-0.3, -0.25) is 0 Å². The van der Waals surface area contributed by atoms with Crippen molar-refractivity contribution in [2.45, 2.75) is 20.8 Å². The van der Waals surface area contributed by atoms with Gasteiger partial charge < -0.3 is 4.74 Å². The van der Waals surface area contributed by atoms with Crippen molar-refractivity contribution >= 4 is 34.5 Å². The number of carbonyl (C=O) groups excluding carboxylic acids is 2. The van der Waals surface area contributed by atoms with Crippen molar-refractivity contribution < 1.29 is 14.3 Å². The van der Waals surface area contributed by atoms with Gasteiger partial charge in [0.2, 0.25) is 0 Å². The highest BCUT2D eigenvalue weighted by molar-refractivity contribution is 14.1. The van der Waals surface area contributed by atoms with Crippen LogP contribution in [0.3, 0.4) is 0 Å². The molecule has 0 amide bonds. The van der Waals surface area contributed by atoms with Crippen LogP contribution in [0.1, 0.15) is 37.4 Å². The maximum atomic E-state index is 11.5. The Morgan fingerprint density at radius 3 is 2.00 bits per heavy atom. The third-order valence-corrected chi connectivity index (χ3v) is 4.24. The molecule has 1 aromatic rings. The summed E-state index contributed by atoms with van der Waals surface area (Å²) in [7, 11) is 0. The number of ether oxygens (including phenoxy) is 1. The van der Waals surface area contributed by atoms with Gasteiger partial charge in [0.1, 0.15) is 0 Å². The third kappa shape index (κ3) is 1.31. The number of rotatable bonds is 0. The van der Waals surface area contributed by atoms with E-state index in [-0.39, 0.29) is 0 Å². The summed E-state index contributed by atoms with van der Waals surface area (Å²) in [5, 5.41) is 0. The lowest BCUT2D eigenvalue weighted by Crippen LogP contribution is -2.04. The number of hydrogen-bond acceptors (Lipinski definition) is 3. The summed E-state index contributed by atoms with van der Waals surface area (Å²) >= 11 is 2.09. The molecule has 15 heavy (non-hydrogen) atoms. The molecule has 0 N–H and O–H groups in total. The number of esters is 2. The van der Waals surface area contributed by atoms with E-state index in [0.717, 1.165) is 20.3 Å². The number of benzene rings is 1. The van der Waals surface area contributed by atoms with Gasteiger partial charge in [-0.15, -0.1) is 0 Å². The second-order valence-electron chi connectivity index (χ2n) is 3.62. The van der Waals surface area contributed by atoms with Gasteiger partial charge in [0.25, 0.3) is 0 Å². The van der Waals surface area contributed by atoms with Crippen LogP contribution in [0.4, 0.5) is 0 Å². The third-order valence-electron chi connectivity index (χ3n) is 2.89. The van der Waals surface area contributed by atoms with Crippen molar-refractivity contribution in [1.82, 2.24) is 0 Å². The maximum Gasteiger partial charge on any atom is 0.348 e. The van der Waals surface area contributed by atoms with Gasteiger partial charge in [-0.25, -0.2) is 9.59 Å². The molecule has 1 aromatic carbocycles. The number of cyclic esters (lactones) is 2. The van der Waals surface area contributed by atoms with E-state index in [1.165, 1.54) is 0 Å². The van der Waals surface area contributed by atoms with Gasteiger partial charge >= 0.3 is 11.9 Å². The Hall–Kier alpha value is -0.910. The van der Waals surface area contributed by atoms with E-state index >= 15 is 0 Å². The maximum absolute atomic E-state index is 11.5. The fraction of sp³-hybridized carbons (Fsp3) is 0.273. The molecule has 1 aliphatic rings. The van der Waals surface area contributed by atoms with Crippen LogP contribution in [0.5, 0.6) is 0 Å². The lowest BCUT2D eigenvalue weighted by Gasteiger charge is -2.10. The smallest absolute Gasteiger partial charge is 0.348 e. The topological polar surface area (TPSA) is 43.4 Å². The van der Waals surface area contributed by atoms with Gasteiger partial charge in [-0.1, -0.05) is 0 Å². The molecule has 4 heteroatoms. The standard InChI is InChI=1S/C11H9IO3/c1-4-5(2)7-8(9(12)6(4)3)11(14)15-10(7)13/h1-3H3. The van der Waals surface area contributed by atoms with Crippen LogP contribution in [0.15, 0.2) is 0 Å². The first-order valence-corrected chi connectivity index (χ1v) is 5.58. The molecule has 78 valence electrons. The minimum atomic E-state index is -0.523. The summed E-state index contributed by atoms with van der Waals surface area (Å²) in [6.07, 6.45) is 0. The van der Waals surface area contributed by atoms with E-state index < -0.39 is 11.9 Å². The first-order valence-electron chi connectivity index (χ1n) is 4.51. The Labute approximate surface area is 101 Å². The second-order valence-corrected chi connectivity index (χ2v) is 4.69. The molecule has 0 radical (unpaired) electrons. The van der Waals surface area contributed by atoms with Gasteiger partial charge in [0, 0.05) is 3.57 Å². The number of carbonyl (C=O) groups is 2. The minimum absolute atomic E-state index is 0.432. The molecule has 0 spiro atoms. The second kappa shape index (κ2) is 3.30. The van der Waals surface area contributed by atoms with Crippen molar-refractivity contribution in [3.8, 4) is 0 Å². The Balaban J connectivity index is 2.92. The Bertz CT molecular complexity index is 458. The lowest BCUT2D eigenvalue weighted by molar-refractivity contribution is 0.0443. The van der Waals surface area contributed by atoms with Crippen molar-refractivity contribution in [1.29, 1.82) is 0 Å². The van der Waals surface area contributed by atoms with Crippen molar-refractivity contribution in [2.24, 2.45) is 0 Å². The summed E-state index contributed by atoms with van der Waals surface area (Å²) < 4.78 is 5.44. The predicted octanol–water partition coefficient (Wildman–Crippen LogP) is 2.53. The summed E-state index contributed by atoms with van der Waals surface area (Å²) in [6.45, 7) is 5.74. The molecular formula is C11H9IO3. The monoisotopic (exact) mass is 316 g/mol. The SMILES string of the molecule is Cc1c(C)c(I)c2c(c1C)C(=O)OC2=O. The highest BCUT2D eigenvalue weighted by atomic mass is 127. The van der Waals surface area contributed by atoms with E-state index in [0.29, 0.717) is 11.1 Å². The van der Waals surface area contributed by atoms with Crippen LogP contribution >= 0.6 is 22.6 Å². The Morgan fingerprint density at radius 2 is 1.40 bits per heavy atom. The molecule has 0 bridgehead atoms. The number of hydrogen-bond donors (Lipinski definition) is 0. The molecule has 1 heterocycles. The van der Waals surface area contributed by atoms with E-state index in [4.69, 9.17) is 0 Å². The summed E-state index contributed by atoms with van der Waals surface area (Å²) in [5.41, 5.74) is 3.80.